The van der Waals surface area contributed by atoms with E-state index in [4.69, 9.17) is 21.8 Å². The van der Waals surface area contributed by atoms with E-state index >= 15 is 0 Å². The normalized spacial score (nSPS) is 10.3. The van der Waals surface area contributed by atoms with Crippen molar-refractivity contribution in [3.05, 3.63) is 77.0 Å². The van der Waals surface area contributed by atoms with Crippen LogP contribution in [0, 0.1) is 0 Å². The Kier molecular flexibility index (Phi) is 5.24. The van der Waals surface area contributed by atoms with Gasteiger partial charge in [-0.15, -0.1) is 0 Å². The number of amides is 3. The third-order valence-corrected chi connectivity index (χ3v) is 3.88. The zero-order chi connectivity index (χ0) is 18.5. The average molecular weight is 370 g/mol. The lowest BCUT2D eigenvalue weighted by Gasteiger charge is -2.05. The fourth-order valence-electron chi connectivity index (χ4n) is 2.36. The van der Waals surface area contributed by atoms with Crippen LogP contribution in [0.3, 0.4) is 0 Å². The molecule has 0 aliphatic rings. The van der Waals surface area contributed by atoms with E-state index in [0.29, 0.717) is 27.8 Å². The molecule has 0 atom stereocenters. The minimum Gasteiger partial charge on any atom is -0.459 e. The van der Waals surface area contributed by atoms with E-state index in [0.717, 1.165) is 5.56 Å². The van der Waals surface area contributed by atoms with Crippen molar-refractivity contribution >= 4 is 29.2 Å². The van der Waals surface area contributed by atoms with Crippen LogP contribution in [0.1, 0.15) is 16.1 Å². The van der Waals surface area contributed by atoms with Crippen molar-refractivity contribution in [2.45, 2.75) is 6.54 Å². The van der Waals surface area contributed by atoms with E-state index in [1.54, 1.807) is 36.4 Å². The van der Waals surface area contributed by atoms with E-state index in [1.165, 1.54) is 0 Å². The molecule has 0 aliphatic heterocycles. The lowest BCUT2D eigenvalue weighted by molar-refractivity contribution is 0.0948. The van der Waals surface area contributed by atoms with Gasteiger partial charge in [-0.05, 0) is 60.7 Å². The lowest BCUT2D eigenvalue weighted by atomic mass is 10.2. The van der Waals surface area contributed by atoms with Gasteiger partial charge in [0.05, 0.1) is 6.54 Å². The van der Waals surface area contributed by atoms with Gasteiger partial charge in [0.1, 0.15) is 11.5 Å². The maximum Gasteiger partial charge on any atom is 0.316 e. The molecule has 0 spiro atoms. The Morgan fingerprint density at radius 1 is 0.962 bits per heavy atom. The van der Waals surface area contributed by atoms with Crippen molar-refractivity contribution in [3.63, 3.8) is 0 Å². The Morgan fingerprint density at radius 3 is 2.31 bits per heavy atom. The molecule has 0 saturated carbocycles. The highest BCUT2D eigenvalue weighted by molar-refractivity contribution is 6.30. The number of furan rings is 1. The number of carbonyl (C=O) groups excluding carboxylic acids is 2. The van der Waals surface area contributed by atoms with Gasteiger partial charge in [0, 0.05) is 21.8 Å². The minimum atomic E-state index is -0.656. The van der Waals surface area contributed by atoms with Crippen LogP contribution in [0.5, 0.6) is 0 Å². The van der Waals surface area contributed by atoms with E-state index < -0.39 is 6.03 Å². The number of carbonyl (C=O) groups is 2. The molecule has 0 bridgehead atoms. The number of urea groups is 1. The molecule has 3 amide bonds. The van der Waals surface area contributed by atoms with E-state index in [-0.39, 0.29) is 12.5 Å². The summed E-state index contributed by atoms with van der Waals surface area (Å²) < 4.78 is 5.74. The SMILES string of the molecule is NC(=O)Nc1ccc(C(=O)NCc2ccc(-c3ccc(Cl)cc3)o2)cc1. The zero-order valence-electron chi connectivity index (χ0n) is 13.7. The molecule has 6 nitrogen and oxygen atoms in total. The van der Waals surface area contributed by atoms with Crippen molar-refractivity contribution in [1.29, 1.82) is 0 Å². The molecule has 1 heterocycles. The van der Waals surface area contributed by atoms with E-state index in [2.05, 4.69) is 10.6 Å². The smallest absolute Gasteiger partial charge is 0.316 e. The topological polar surface area (TPSA) is 97.4 Å². The molecular formula is C19H16ClN3O3. The molecule has 0 fully saturated rings. The molecular weight excluding hydrogens is 354 g/mol. The fourth-order valence-corrected chi connectivity index (χ4v) is 2.48. The maximum atomic E-state index is 12.2. The van der Waals surface area contributed by atoms with Gasteiger partial charge in [0.2, 0.25) is 0 Å². The van der Waals surface area contributed by atoms with Crippen LogP contribution in [0.4, 0.5) is 10.5 Å². The highest BCUT2D eigenvalue weighted by Crippen LogP contribution is 2.23. The second kappa shape index (κ2) is 7.76. The Morgan fingerprint density at radius 2 is 1.65 bits per heavy atom. The molecule has 0 saturated heterocycles. The first-order valence-electron chi connectivity index (χ1n) is 7.80. The number of anilines is 1. The third-order valence-electron chi connectivity index (χ3n) is 3.63. The number of hydrogen-bond acceptors (Lipinski definition) is 3. The second-order valence-electron chi connectivity index (χ2n) is 5.52. The number of nitrogens with one attached hydrogen (secondary N) is 2. The highest BCUT2D eigenvalue weighted by Gasteiger charge is 2.09. The van der Waals surface area contributed by atoms with Crippen LogP contribution in [-0.2, 0) is 6.54 Å². The zero-order valence-corrected chi connectivity index (χ0v) is 14.4. The summed E-state index contributed by atoms with van der Waals surface area (Å²) in [5.74, 6) is 1.09. The molecule has 0 unspecified atom stereocenters. The van der Waals surface area contributed by atoms with Gasteiger partial charge < -0.3 is 20.8 Å². The van der Waals surface area contributed by atoms with Crippen LogP contribution in [0.2, 0.25) is 5.02 Å². The van der Waals surface area contributed by atoms with Crippen molar-refractivity contribution in [3.8, 4) is 11.3 Å². The first kappa shape index (κ1) is 17.6. The molecule has 132 valence electrons. The summed E-state index contributed by atoms with van der Waals surface area (Å²) in [6.07, 6.45) is 0. The van der Waals surface area contributed by atoms with Gasteiger partial charge in [0.25, 0.3) is 5.91 Å². The molecule has 1 aromatic heterocycles. The predicted octanol–water partition coefficient (Wildman–Crippen LogP) is 4.02. The maximum absolute atomic E-state index is 12.2. The van der Waals surface area contributed by atoms with Crippen molar-refractivity contribution in [2.75, 3.05) is 5.32 Å². The number of halogens is 1. The van der Waals surface area contributed by atoms with Crippen LogP contribution in [-0.4, -0.2) is 11.9 Å². The van der Waals surface area contributed by atoms with Gasteiger partial charge in [0.15, 0.2) is 0 Å². The molecule has 26 heavy (non-hydrogen) atoms. The van der Waals surface area contributed by atoms with Gasteiger partial charge >= 0.3 is 6.03 Å². The van der Waals surface area contributed by atoms with Crippen molar-refractivity contribution in [1.82, 2.24) is 5.32 Å². The Balaban J connectivity index is 1.59. The Labute approximate surface area is 155 Å². The van der Waals surface area contributed by atoms with Crippen molar-refractivity contribution < 1.29 is 14.0 Å². The minimum absolute atomic E-state index is 0.250. The van der Waals surface area contributed by atoms with E-state index in [1.807, 2.05) is 24.3 Å². The van der Waals surface area contributed by atoms with Crippen LogP contribution in [0.25, 0.3) is 11.3 Å². The second-order valence-corrected chi connectivity index (χ2v) is 5.96. The fraction of sp³-hybridized carbons (Fsp3) is 0.0526. The molecule has 7 heteroatoms. The summed E-state index contributed by atoms with van der Waals surface area (Å²) in [5, 5.41) is 5.88. The number of nitrogens with two attached hydrogens (primary N) is 1. The summed E-state index contributed by atoms with van der Waals surface area (Å²) in [6.45, 7) is 0.258. The molecule has 0 aliphatic carbocycles. The first-order chi connectivity index (χ1) is 12.5. The Hall–Kier alpha value is -3.25. The van der Waals surface area contributed by atoms with E-state index in [9.17, 15) is 9.59 Å². The summed E-state index contributed by atoms with van der Waals surface area (Å²) in [4.78, 5) is 23.0. The van der Waals surface area contributed by atoms with Crippen LogP contribution < -0.4 is 16.4 Å². The lowest BCUT2D eigenvalue weighted by Crippen LogP contribution is -2.23. The molecule has 3 aromatic rings. The Bertz CT molecular complexity index is 918. The standard InChI is InChI=1S/C19H16ClN3O3/c20-14-5-1-12(2-6-14)17-10-9-16(26-17)11-22-18(24)13-3-7-15(8-4-13)23-19(21)25/h1-10H,11H2,(H,22,24)(H3,21,23,25). The first-order valence-corrected chi connectivity index (χ1v) is 8.18. The van der Waals surface area contributed by atoms with Gasteiger partial charge in [-0.3, -0.25) is 4.79 Å². The quantitative estimate of drug-likeness (QED) is 0.633. The molecule has 0 radical (unpaired) electrons. The summed E-state index contributed by atoms with van der Waals surface area (Å²) in [5.41, 5.74) is 6.93. The highest BCUT2D eigenvalue weighted by atomic mass is 35.5. The van der Waals surface area contributed by atoms with Crippen LogP contribution in [0.15, 0.2) is 65.1 Å². The monoisotopic (exact) mass is 369 g/mol. The van der Waals surface area contributed by atoms with Gasteiger partial charge in [-0.2, -0.15) is 0 Å². The van der Waals surface area contributed by atoms with Gasteiger partial charge in [-0.1, -0.05) is 11.6 Å². The van der Waals surface area contributed by atoms with Gasteiger partial charge in [-0.25, -0.2) is 4.79 Å². The summed E-state index contributed by atoms with van der Waals surface area (Å²) in [7, 11) is 0. The third kappa shape index (κ3) is 4.43. The number of primary amides is 1. The molecule has 4 N–H and O–H groups in total. The summed E-state index contributed by atoms with van der Waals surface area (Å²) in [6, 6.07) is 16.7. The predicted molar refractivity (Wildman–Crippen MR) is 100.0 cm³/mol. The number of benzene rings is 2. The molecule has 3 rings (SSSR count). The largest absolute Gasteiger partial charge is 0.459 e. The number of rotatable bonds is 5. The average Bonchev–Trinajstić information content (AvgIpc) is 3.09. The number of hydrogen-bond donors (Lipinski definition) is 3. The molecule has 2 aromatic carbocycles. The van der Waals surface area contributed by atoms with Crippen LogP contribution >= 0.6 is 11.6 Å². The van der Waals surface area contributed by atoms with Crippen molar-refractivity contribution in [2.24, 2.45) is 5.73 Å². The summed E-state index contributed by atoms with van der Waals surface area (Å²) >= 11 is 5.88.